The Morgan fingerprint density at radius 1 is 1.00 bits per heavy atom. The quantitative estimate of drug-likeness (QED) is 0.299. The first-order valence-corrected chi connectivity index (χ1v) is 7.40. The number of esters is 1. The summed E-state index contributed by atoms with van der Waals surface area (Å²) < 4.78 is 5.15. The maximum atomic E-state index is 12.1. The van der Waals surface area contributed by atoms with Crippen LogP contribution in [0.5, 0.6) is 23.0 Å². The zero-order valence-corrected chi connectivity index (χ0v) is 13.0. The van der Waals surface area contributed by atoms with Crippen molar-refractivity contribution < 1.29 is 24.9 Å². The van der Waals surface area contributed by atoms with Crippen molar-refractivity contribution in [3.63, 3.8) is 0 Å². The molecule has 1 atom stereocenters. The molecule has 2 aromatic carbocycles. The van der Waals surface area contributed by atoms with E-state index in [9.17, 15) is 20.1 Å². The van der Waals surface area contributed by atoms with Crippen LogP contribution in [0.3, 0.4) is 0 Å². The van der Waals surface area contributed by atoms with Crippen LogP contribution in [0.15, 0.2) is 36.4 Å². The first-order chi connectivity index (χ1) is 11.4. The molecule has 0 fully saturated rings. The fourth-order valence-electron chi connectivity index (χ4n) is 2.18. The minimum absolute atomic E-state index is 0.0231. The van der Waals surface area contributed by atoms with Crippen LogP contribution >= 0.6 is 0 Å². The molecule has 0 heterocycles. The molecule has 0 aliphatic heterocycles. The predicted octanol–water partition coefficient (Wildman–Crippen LogP) is 0.780. The monoisotopic (exact) mass is 332 g/mol. The number of phenols is 3. The molecule has 0 aliphatic rings. The zero-order chi connectivity index (χ0) is 17.7. The lowest BCUT2D eigenvalue weighted by Crippen LogP contribution is -2.36. The first-order valence-electron chi connectivity index (χ1n) is 7.40. The first kappa shape index (κ1) is 17.6. The van der Waals surface area contributed by atoms with E-state index in [1.54, 1.807) is 18.2 Å². The number of benzene rings is 2. The van der Waals surface area contributed by atoms with Gasteiger partial charge in [0.1, 0.15) is 6.04 Å². The number of phenolic OH excluding ortho intramolecular Hbond substituents is 3. The average Bonchev–Trinajstić information content (AvgIpc) is 2.54. The Labute approximate surface area is 139 Å². The molecule has 0 aliphatic carbocycles. The summed E-state index contributed by atoms with van der Waals surface area (Å²) in [6, 6.07) is 7.84. The Hall–Kier alpha value is -2.77. The molecule has 2 aromatic rings. The van der Waals surface area contributed by atoms with E-state index in [1.165, 1.54) is 18.2 Å². The number of hydrogen-bond acceptors (Lipinski definition) is 7. The predicted molar refractivity (Wildman–Crippen MR) is 88.0 cm³/mol. The van der Waals surface area contributed by atoms with Crippen LogP contribution in [0.25, 0.3) is 0 Å². The number of hydrogen-bond donors (Lipinski definition) is 5. The van der Waals surface area contributed by atoms with Crippen molar-refractivity contribution in [1.82, 2.24) is 0 Å². The van der Waals surface area contributed by atoms with E-state index in [0.29, 0.717) is 18.5 Å². The van der Waals surface area contributed by atoms with Gasteiger partial charge in [-0.25, -0.2) is 4.79 Å². The summed E-state index contributed by atoms with van der Waals surface area (Å²) in [6.07, 6.45) is 0.694. The van der Waals surface area contributed by atoms with Gasteiger partial charge in [-0.3, -0.25) is 0 Å². The van der Waals surface area contributed by atoms with Gasteiger partial charge < -0.3 is 31.5 Å². The van der Waals surface area contributed by atoms with E-state index in [4.69, 9.17) is 16.2 Å². The lowest BCUT2D eigenvalue weighted by Gasteiger charge is -2.13. The van der Waals surface area contributed by atoms with E-state index >= 15 is 0 Å². The van der Waals surface area contributed by atoms with Crippen molar-refractivity contribution >= 4 is 5.97 Å². The van der Waals surface area contributed by atoms with Crippen LogP contribution in [0.4, 0.5) is 0 Å². The number of aromatic hydroxyl groups is 3. The van der Waals surface area contributed by atoms with Crippen molar-refractivity contribution in [2.24, 2.45) is 11.5 Å². The Bertz CT molecular complexity index is 733. The second-order valence-electron chi connectivity index (χ2n) is 5.40. The van der Waals surface area contributed by atoms with E-state index in [0.717, 1.165) is 5.56 Å². The van der Waals surface area contributed by atoms with Gasteiger partial charge >= 0.3 is 5.97 Å². The van der Waals surface area contributed by atoms with Crippen LogP contribution in [-0.4, -0.2) is 33.9 Å². The van der Waals surface area contributed by atoms with Gasteiger partial charge in [0.25, 0.3) is 0 Å². The molecule has 7 N–H and O–H groups in total. The molecule has 2 rings (SSSR count). The van der Waals surface area contributed by atoms with Crippen LogP contribution in [-0.2, 0) is 17.6 Å². The molecule has 0 unspecified atom stereocenters. The van der Waals surface area contributed by atoms with Crippen LogP contribution in [0.1, 0.15) is 11.1 Å². The van der Waals surface area contributed by atoms with Crippen molar-refractivity contribution in [3.05, 3.63) is 47.5 Å². The molecule has 0 amide bonds. The zero-order valence-electron chi connectivity index (χ0n) is 13.0. The molecular weight excluding hydrogens is 312 g/mol. The highest BCUT2D eigenvalue weighted by molar-refractivity contribution is 5.79. The molecule has 7 heteroatoms. The largest absolute Gasteiger partial charge is 0.504 e. The number of rotatable bonds is 6. The van der Waals surface area contributed by atoms with Crippen LogP contribution < -0.4 is 16.2 Å². The van der Waals surface area contributed by atoms with E-state index in [1.807, 2.05) is 0 Å². The molecule has 0 bridgehead atoms. The van der Waals surface area contributed by atoms with E-state index in [2.05, 4.69) is 0 Å². The molecular formula is C17H20N2O5. The molecule has 0 spiro atoms. The van der Waals surface area contributed by atoms with Crippen LogP contribution in [0, 0.1) is 0 Å². The molecule has 128 valence electrons. The number of ether oxygens (including phenoxy) is 1. The Balaban J connectivity index is 2.05. The summed E-state index contributed by atoms with van der Waals surface area (Å²) in [5, 5.41) is 28.5. The normalized spacial score (nSPS) is 11.9. The van der Waals surface area contributed by atoms with Gasteiger partial charge in [0.2, 0.25) is 0 Å². The summed E-state index contributed by atoms with van der Waals surface area (Å²) >= 11 is 0. The lowest BCUT2D eigenvalue weighted by molar-refractivity contribution is -0.135. The number of carbonyl (C=O) groups is 1. The fraction of sp³-hybridized carbons (Fsp3) is 0.235. The van der Waals surface area contributed by atoms with Crippen molar-refractivity contribution in [2.75, 3.05) is 6.54 Å². The maximum Gasteiger partial charge on any atom is 0.328 e. The highest BCUT2D eigenvalue weighted by Crippen LogP contribution is 2.28. The van der Waals surface area contributed by atoms with Gasteiger partial charge in [-0.2, -0.15) is 0 Å². The van der Waals surface area contributed by atoms with Gasteiger partial charge in [-0.05, 0) is 54.8 Å². The van der Waals surface area contributed by atoms with Crippen LogP contribution in [0.2, 0.25) is 0 Å². The second-order valence-corrected chi connectivity index (χ2v) is 5.40. The summed E-state index contributed by atoms with van der Waals surface area (Å²) in [5.74, 6) is -1.41. The van der Waals surface area contributed by atoms with Gasteiger partial charge in [-0.1, -0.05) is 12.1 Å². The molecule has 0 radical (unpaired) electrons. The SMILES string of the molecule is NCCc1ccc(O)c(OC(=O)[C@@H](N)Cc2ccc(O)c(O)c2)c1. The minimum atomic E-state index is -0.994. The lowest BCUT2D eigenvalue weighted by atomic mass is 10.1. The minimum Gasteiger partial charge on any atom is -0.504 e. The summed E-state index contributed by atoms with van der Waals surface area (Å²) in [4.78, 5) is 12.1. The Morgan fingerprint density at radius 2 is 1.67 bits per heavy atom. The number of nitrogens with two attached hydrogens (primary N) is 2. The number of carbonyl (C=O) groups excluding carboxylic acids is 1. The summed E-state index contributed by atoms with van der Waals surface area (Å²) in [5.41, 5.74) is 12.7. The molecule has 24 heavy (non-hydrogen) atoms. The Kier molecular flexibility index (Phi) is 5.62. The highest BCUT2D eigenvalue weighted by atomic mass is 16.5. The molecule has 7 nitrogen and oxygen atoms in total. The molecule has 0 saturated carbocycles. The average molecular weight is 332 g/mol. The smallest absolute Gasteiger partial charge is 0.328 e. The van der Waals surface area contributed by atoms with Crippen molar-refractivity contribution in [3.8, 4) is 23.0 Å². The van der Waals surface area contributed by atoms with Gasteiger partial charge in [0.05, 0.1) is 0 Å². The maximum absolute atomic E-state index is 12.1. The van der Waals surface area contributed by atoms with Gasteiger partial charge in [-0.15, -0.1) is 0 Å². The van der Waals surface area contributed by atoms with Crippen molar-refractivity contribution in [1.29, 1.82) is 0 Å². The molecule has 0 aromatic heterocycles. The van der Waals surface area contributed by atoms with Gasteiger partial charge in [0, 0.05) is 0 Å². The fourth-order valence-corrected chi connectivity index (χ4v) is 2.18. The third kappa shape index (κ3) is 4.37. The van der Waals surface area contributed by atoms with E-state index < -0.39 is 12.0 Å². The summed E-state index contributed by atoms with van der Waals surface area (Å²) in [7, 11) is 0. The molecule has 0 saturated heterocycles. The third-order valence-electron chi connectivity index (χ3n) is 3.47. The summed E-state index contributed by atoms with van der Waals surface area (Å²) in [6.45, 7) is 0.433. The van der Waals surface area contributed by atoms with Gasteiger partial charge in [0.15, 0.2) is 23.0 Å². The second kappa shape index (κ2) is 7.67. The highest BCUT2D eigenvalue weighted by Gasteiger charge is 2.19. The third-order valence-corrected chi connectivity index (χ3v) is 3.47. The van der Waals surface area contributed by atoms with E-state index in [-0.39, 0.29) is 29.4 Å². The Morgan fingerprint density at radius 3 is 2.33 bits per heavy atom. The standard InChI is InChI=1S/C17H20N2O5/c18-6-5-10-1-4-14(21)16(9-10)24-17(23)12(19)7-11-2-3-13(20)15(22)8-11/h1-4,8-9,12,20-22H,5-7,18-19H2/t12-/m0/s1. The van der Waals surface area contributed by atoms with Crippen molar-refractivity contribution in [2.45, 2.75) is 18.9 Å². The topological polar surface area (TPSA) is 139 Å².